The summed E-state index contributed by atoms with van der Waals surface area (Å²) in [6.45, 7) is 0.573. The molecule has 118 valence electrons. The topological polar surface area (TPSA) is 93.5 Å². The molecule has 2 aromatic rings. The van der Waals surface area contributed by atoms with Crippen molar-refractivity contribution >= 4 is 17.6 Å². The summed E-state index contributed by atoms with van der Waals surface area (Å²) in [5, 5.41) is 5.48. The zero-order valence-corrected chi connectivity index (χ0v) is 12.4. The van der Waals surface area contributed by atoms with Gasteiger partial charge in [0.25, 0.3) is 5.91 Å². The molecular formula is C17H17N3O3. The first-order valence-corrected chi connectivity index (χ1v) is 7.32. The lowest BCUT2D eigenvalue weighted by molar-refractivity contribution is 0.0925. The Balaban J connectivity index is 1.71. The van der Waals surface area contributed by atoms with Crippen molar-refractivity contribution < 1.29 is 14.3 Å². The van der Waals surface area contributed by atoms with Crippen LogP contribution >= 0.6 is 0 Å². The van der Waals surface area contributed by atoms with E-state index in [1.165, 1.54) is 0 Å². The number of urea groups is 1. The smallest absolute Gasteiger partial charge is 0.316 e. The number of carbonyl (C=O) groups excluding carboxylic acids is 2. The molecule has 0 aliphatic carbocycles. The van der Waals surface area contributed by atoms with Crippen LogP contribution in [0, 0.1) is 0 Å². The van der Waals surface area contributed by atoms with Crippen molar-refractivity contribution in [3.05, 3.63) is 59.7 Å². The molecule has 6 heteroatoms. The van der Waals surface area contributed by atoms with Crippen LogP contribution in [0.5, 0.6) is 5.75 Å². The largest absolute Gasteiger partial charge is 0.493 e. The van der Waals surface area contributed by atoms with Crippen LogP contribution < -0.4 is 21.1 Å². The van der Waals surface area contributed by atoms with Gasteiger partial charge in [-0.3, -0.25) is 4.79 Å². The number of anilines is 1. The van der Waals surface area contributed by atoms with Crippen molar-refractivity contribution in [1.82, 2.24) is 5.32 Å². The fraction of sp³-hybridized carbons (Fsp3) is 0.176. The number of hydrogen-bond donors (Lipinski definition) is 3. The van der Waals surface area contributed by atoms with Gasteiger partial charge in [-0.1, -0.05) is 18.2 Å². The van der Waals surface area contributed by atoms with Crippen molar-refractivity contribution in [2.45, 2.75) is 12.5 Å². The normalized spacial score (nSPS) is 15.9. The molecule has 0 fully saturated rings. The maximum atomic E-state index is 12.4. The quantitative estimate of drug-likeness (QED) is 0.812. The minimum absolute atomic E-state index is 0.0733. The summed E-state index contributed by atoms with van der Waals surface area (Å²) in [6, 6.07) is 13.5. The van der Waals surface area contributed by atoms with Gasteiger partial charge in [0.2, 0.25) is 0 Å². The van der Waals surface area contributed by atoms with Gasteiger partial charge >= 0.3 is 6.03 Å². The second-order valence-corrected chi connectivity index (χ2v) is 5.27. The molecule has 1 aliphatic heterocycles. The van der Waals surface area contributed by atoms with Gasteiger partial charge in [-0.25, -0.2) is 4.79 Å². The highest BCUT2D eigenvalue weighted by atomic mass is 16.5. The lowest BCUT2D eigenvalue weighted by Crippen LogP contribution is -2.32. The van der Waals surface area contributed by atoms with Crippen molar-refractivity contribution in [3.63, 3.8) is 0 Å². The standard InChI is InChI=1S/C17H17N3O3/c18-17(22)19-12-7-5-11(6-8-12)16(21)20-14-9-10-23-15-4-2-1-3-13(14)15/h1-8,14H,9-10H2,(H,20,21)(H3,18,19,22). The number of para-hydroxylation sites is 1. The highest BCUT2D eigenvalue weighted by molar-refractivity contribution is 5.95. The predicted molar refractivity (Wildman–Crippen MR) is 86.4 cm³/mol. The Morgan fingerprint density at radius 1 is 1.09 bits per heavy atom. The summed E-state index contributed by atoms with van der Waals surface area (Å²) in [6.07, 6.45) is 0.726. The Labute approximate surface area is 133 Å². The van der Waals surface area contributed by atoms with Gasteiger partial charge in [-0.05, 0) is 30.3 Å². The number of carbonyl (C=O) groups is 2. The van der Waals surface area contributed by atoms with Gasteiger partial charge in [0.1, 0.15) is 5.75 Å². The molecule has 1 aliphatic rings. The number of nitrogens with two attached hydrogens (primary N) is 1. The molecule has 1 heterocycles. The number of hydrogen-bond acceptors (Lipinski definition) is 3. The van der Waals surface area contributed by atoms with Crippen LogP contribution in [0.4, 0.5) is 10.5 Å². The van der Waals surface area contributed by atoms with Gasteiger partial charge < -0.3 is 21.1 Å². The molecule has 0 bridgehead atoms. The Kier molecular flexibility index (Phi) is 4.14. The number of ether oxygens (including phenoxy) is 1. The third kappa shape index (κ3) is 3.42. The van der Waals surface area contributed by atoms with E-state index in [-0.39, 0.29) is 11.9 Å². The molecule has 0 saturated carbocycles. The predicted octanol–water partition coefficient (Wildman–Crippen LogP) is 2.43. The molecule has 23 heavy (non-hydrogen) atoms. The summed E-state index contributed by atoms with van der Waals surface area (Å²) in [5.74, 6) is 0.641. The molecule has 3 rings (SSSR count). The Bertz CT molecular complexity index is 728. The molecule has 0 spiro atoms. The lowest BCUT2D eigenvalue weighted by atomic mass is 10.00. The van der Waals surface area contributed by atoms with Gasteiger partial charge in [-0.2, -0.15) is 0 Å². The van der Waals surface area contributed by atoms with E-state index < -0.39 is 6.03 Å². The van der Waals surface area contributed by atoms with Crippen LogP contribution in [0.1, 0.15) is 28.4 Å². The number of primary amides is 1. The van der Waals surface area contributed by atoms with Crippen LogP contribution in [-0.2, 0) is 0 Å². The van der Waals surface area contributed by atoms with Crippen molar-refractivity contribution in [2.24, 2.45) is 5.73 Å². The fourth-order valence-corrected chi connectivity index (χ4v) is 2.58. The number of benzene rings is 2. The highest BCUT2D eigenvalue weighted by Crippen LogP contribution is 2.31. The average Bonchev–Trinajstić information content (AvgIpc) is 2.55. The van der Waals surface area contributed by atoms with Crippen molar-refractivity contribution in [1.29, 1.82) is 0 Å². The first kappa shape index (κ1) is 14.9. The Morgan fingerprint density at radius 2 is 1.83 bits per heavy atom. The maximum Gasteiger partial charge on any atom is 0.316 e. The van der Waals surface area contributed by atoms with Crippen molar-refractivity contribution in [3.8, 4) is 5.75 Å². The fourth-order valence-electron chi connectivity index (χ4n) is 2.58. The zero-order chi connectivity index (χ0) is 16.2. The van der Waals surface area contributed by atoms with Crippen molar-refractivity contribution in [2.75, 3.05) is 11.9 Å². The molecule has 6 nitrogen and oxygen atoms in total. The van der Waals surface area contributed by atoms with E-state index in [1.807, 2.05) is 24.3 Å². The second kappa shape index (κ2) is 6.39. The SMILES string of the molecule is NC(=O)Nc1ccc(C(=O)NC2CCOc3ccccc32)cc1. The van der Waals surface area contributed by atoms with Gasteiger partial charge in [0.05, 0.1) is 12.6 Å². The van der Waals surface area contributed by atoms with Crippen LogP contribution in [0.25, 0.3) is 0 Å². The number of rotatable bonds is 3. The van der Waals surface area contributed by atoms with E-state index in [1.54, 1.807) is 24.3 Å². The summed E-state index contributed by atoms with van der Waals surface area (Å²) >= 11 is 0. The minimum atomic E-state index is -0.638. The molecule has 0 radical (unpaired) electrons. The van der Waals surface area contributed by atoms with Crippen LogP contribution in [0.15, 0.2) is 48.5 Å². The molecule has 0 saturated heterocycles. The van der Waals surface area contributed by atoms with E-state index >= 15 is 0 Å². The third-order valence-electron chi connectivity index (χ3n) is 3.68. The summed E-state index contributed by atoms with van der Waals surface area (Å²) in [5.41, 5.74) is 7.10. The Morgan fingerprint density at radius 3 is 2.57 bits per heavy atom. The maximum absolute atomic E-state index is 12.4. The van der Waals surface area contributed by atoms with E-state index in [2.05, 4.69) is 10.6 Å². The lowest BCUT2D eigenvalue weighted by Gasteiger charge is -2.26. The molecule has 4 N–H and O–H groups in total. The monoisotopic (exact) mass is 311 g/mol. The average molecular weight is 311 g/mol. The summed E-state index contributed by atoms with van der Waals surface area (Å²) in [4.78, 5) is 23.2. The molecule has 1 atom stereocenters. The Hall–Kier alpha value is -3.02. The second-order valence-electron chi connectivity index (χ2n) is 5.27. The van der Waals surface area contributed by atoms with E-state index in [0.717, 1.165) is 17.7 Å². The molecule has 1 unspecified atom stereocenters. The van der Waals surface area contributed by atoms with E-state index in [4.69, 9.17) is 10.5 Å². The summed E-state index contributed by atoms with van der Waals surface area (Å²) in [7, 11) is 0. The molecular weight excluding hydrogens is 294 g/mol. The third-order valence-corrected chi connectivity index (χ3v) is 3.68. The first-order chi connectivity index (χ1) is 11.1. The number of fused-ring (bicyclic) bond motifs is 1. The molecule has 0 aromatic heterocycles. The summed E-state index contributed by atoms with van der Waals surface area (Å²) < 4.78 is 5.59. The zero-order valence-electron chi connectivity index (χ0n) is 12.4. The van der Waals surface area contributed by atoms with Gasteiger partial charge in [-0.15, -0.1) is 0 Å². The minimum Gasteiger partial charge on any atom is -0.493 e. The number of amides is 3. The molecule has 3 amide bonds. The van der Waals surface area contributed by atoms with Gasteiger partial charge in [0.15, 0.2) is 0 Å². The van der Waals surface area contributed by atoms with Gasteiger partial charge in [0, 0.05) is 23.2 Å². The van der Waals surface area contributed by atoms with Crippen LogP contribution in [0.3, 0.4) is 0 Å². The highest BCUT2D eigenvalue weighted by Gasteiger charge is 2.22. The molecule has 2 aromatic carbocycles. The van der Waals surface area contributed by atoms with E-state index in [0.29, 0.717) is 17.9 Å². The van der Waals surface area contributed by atoms with Crippen LogP contribution in [-0.4, -0.2) is 18.5 Å². The first-order valence-electron chi connectivity index (χ1n) is 7.32. The van der Waals surface area contributed by atoms with Crippen LogP contribution in [0.2, 0.25) is 0 Å². The van der Waals surface area contributed by atoms with E-state index in [9.17, 15) is 9.59 Å². The number of nitrogens with one attached hydrogen (secondary N) is 2.